The highest BCUT2D eigenvalue weighted by Crippen LogP contribution is 2.32. The largest absolute Gasteiger partial charge is 0.393 e. The van der Waals surface area contributed by atoms with Crippen LogP contribution in [0.5, 0.6) is 0 Å². The lowest BCUT2D eigenvalue weighted by molar-refractivity contribution is -0.179. The summed E-state index contributed by atoms with van der Waals surface area (Å²) in [4.78, 5) is 0. The van der Waals surface area contributed by atoms with E-state index in [2.05, 4.69) is 38.2 Å². The summed E-state index contributed by atoms with van der Waals surface area (Å²) in [7, 11) is 0. The standard InChI is InChI=1S/C16H22F3N/c1-10-6-11(2)15(12(3)7-10)8-14-5-4-13(9-20-14)16(17,18)19/h6-7,13-14,20H,4-5,8-9H2,1-3H3. The molecule has 0 bridgehead atoms. The van der Waals surface area contributed by atoms with Gasteiger partial charge in [0.1, 0.15) is 0 Å². The van der Waals surface area contributed by atoms with Gasteiger partial charge in [-0.3, -0.25) is 0 Å². The number of halogens is 3. The fourth-order valence-electron chi connectivity index (χ4n) is 3.15. The summed E-state index contributed by atoms with van der Waals surface area (Å²) in [6.45, 7) is 6.28. The van der Waals surface area contributed by atoms with Gasteiger partial charge in [-0.2, -0.15) is 13.2 Å². The number of benzene rings is 1. The SMILES string of the molecule is Cc1cc(C)c(CC2CCC(C(F)(F)F)CN2)c(C)c1. The molecule has 1 heterocycles. The fraction of sp³-hybridized carbons (Fsp3) is 0.625. The van der Waals surface area contributed by atoms with E-state index in [0.29, 0.717) is 6.42 Å². The van der Waals surface area contributed by atoms with Crippen LogP contribution < -0.4 is 5.32 Å². The van der Waals surface area contributed by atoms with E-state index in [-0.39, 0.29) is 19.0 Å². The average molecular weight is 285 g/mol. The summed E-state index contributed by atoms with van der Waals surface area (Å²) < 4.78 is 37.9. The smallest absolute Gasteiger partial charge is 0.313 e. The monoisotopic (exact) mass is 285 g/mol. The molecule has 2 unspecified atom stereocenters. The van der Waals surface area contributed by atoms with E-state index < -0.39 is 12.1 Å². The van der Waals surface area contributed by atoms with Crippen molar-refractivity contribution >= 4 is 0 Å². The number of piperidine rings is 1. The van der Waals surface area contributed by atoms with Crippen molar-refractivity contribution in [2.24, 2.45) is 5.92 Å². The Bertz CT molecular complexity index is 448. The van der Waals surface area contributed by atoms with Crippen molar-refractivity contribution in [3.63, 3.8) is 0 Å². The third-order valence-electron chi connectivity index (χ3n) is 4.27. The molecule has 2 atom stereocenters. The van der Waals surface area contributed by atoms with Crippen molar-refractivity contribution in [2.75, 3.05) is 6.54 Å². The fourth-order valence-corrected chi connectivity index (χ4v) is 3.15. The Morgan fingerprint density at radius 1 is 1.10 bits per heavy atom. The summed E-state index contributed by atoms with van der Waals surface area (Å²) in [6, 6.07) is 4.45. The zero-order chi connectivity index (χ0) is 14.9. The number of aryl methyl sites for hydroxylation is 3. The van der Waals surface area contributed by atoms with Gasteiger partial charge in [0.05, 0.1) is 5.92 Å². The van der Waals surface area contributed by atoms with E-state index >= 15 is 0 Å². The molecule has 4 heteroatoms. The van der Waals surface area contributed by atoms with Crippen molar-refractivity contribution in [3.8, 4) is 0 Å². The number of nitrogens with one attached hydrogen (secondary N) is 1. The van der Waals surface area contributed by atoms with E-state index in [1.165, 1.54) is 22.3 Å². The summed E-state index contributed by atoms with van der Waals surface area (Å²) in [6.07, 6.45) is -2.40. The van der Waals surface area contributed by atoms with Crippen LogP contribution in [0.2, 0.25) is 0 Å². The molecule has 20 heavy (non-hydrogen) atoms. The van der Waals surface area contributed by atoms with E-state index in [1.54, 1.807) is 0 Å². The van der Waals surface area contributed by atoms with Crippen LogP contribution in [-0.2, 0) is 6.42 Å². The van der Waals surface area contributed by atoms with Gasteiger partial charge >= 0.3 is 6.18 Å². The lowest BCUT2D eigenvalue weighted by Gasteiger charge is -2.31. The topological polar surface area (TPSA) is 12.0 Å². The zero-order valence-corrected chi connectivity index (χ0v) is 12.3. The molecule has 0 saturated carbocycles. The van der Waals surface area contributed by atoms with Crippen molar-refractivity contribution < 1.29 is 13.2 Å². The summed E-state index contributed by atoms with van der Waals surface area (Å²) in [5.41, 5.74) is 4.99. The van der Waals surface area contributed by atoms with Gasteiger partial charge in [-0.25, -0.2) is 0 Å². The Hall–Kier alpha value is -1.03. The molecular formula is C16H22F3N. The molecule has 1 nitrogen and oxygen atoms in total. The molecule has 0 spiro atoms. The molecule has 112 valence electrons. The second-order valence-corrected chi connectivity index (χ2v) is 6.00. The van der Waals surface area contributed by atoms with Gasteiger partial charge in [-0.1, -0.05) is 17.7 Å². The molecule has 0 radical (unpaired) electrons. The lowest BCUT2D eigenvalue weighted by atomic mass is 9.88. The zero-order valence-electron chi connectivity index (χ0n) is 12.3. The van der Waals surface area contributed by atoms with Crippen molar-refractivity contribution in [1.82, 2.24) is 5.32 Å². The van der Waals surface area contributed by atoms with Crippen LogP contribution in [0.25, 0.3) is 0 Å². The van der Waals surface area contributed by atoms with Crippen LogP contribution in [0.4, 0.5) is 13.2 Å². The van der Waals surface area contributed by atoms with Gasteiger partial charge in [0, 0.05) is 12.6 Å². The number of hydrogen-bond donors (Lipinski definition) is 1. The van der Waals surface area contributed by atoms with Gasteiger partial charge in [-0.15, -0.1) is 0 Å². The predicted octanol–water partition coefficient (Wildman–Crippen LogP) is 4.08. The minimum Gasteiger partial charge on any atom is -0.313 e. The molecule has 1 aromatic carbocycles. The minimum absolute atomic E-state index is 0.0537. The molecule has 1 aromatic rings. The number of rotatable bonds is 2. The summed E-state index contributed by atoms with van der Waals surface area (Å²) in [5, 5.41) is 3.07. The molecule has 0 aliphatic carbocycles. The number of alkyl halides is 3. The second kappa shape index (κ2) is 5.76. The Labute approximate surface area is 118 Å². The van der Waals surface area contributed by atoms with Crippen LogP contribution in [0, 0.1) is 26.7 Å². The van der Waals surface area contributed by atoms with E-state index in [9.17, 15) is 13.2 Å². The minimum atomic E-state index is -4.06. The molecule has 1 N–H and O–H groups in total. The van der Waals surface area contributed by atoms with Crippen LogP contribution >= 0.6 is 0 Å². The van der Waals surface area contributed by atoms with E-state index in [1.807, 2.05) is 0 Å². The Balaban J connectivity index is 2.00. The molecule has 0 amide bonds. The Morgan fingerprint density at radius 3 is 2.15 bits per heavy atom. The second-order valence-electron chi connectivity index (χ2n) is 6.00. The maximum Gasteiger partial charge on any atom is 0.393 e. The summed E-state index contributed by atoms with van der Waals surface area (Å²) >= 11 is 0. The van der Waals surface area contributed by atoms with Gasteiger partial charge in [0.25, 0.3) is 0 Å². The van der Waals surface area contributed by atoms with Crippen LogP contribution in [-0.4, -0.2) is 18.8 Å². The Morgan fingerprint density at radius 2 is 1.70 bits per heavy atom. The van der Waals surface area contributed by atoms with Crippen molar-refractivity contribution in [3.05, 3.63) is 34.4 Å². The average Bonchev–Trinajstić information content (AvgIpc) is 2.33. The molecule has 0 aromatic heterocycles. The molecule has 2 rings (SSSR count). The van der Waals surface area contributed by atoms with Crippen LogP contribution in [0.3, 0.4) is 0 Å². The van der Waals surface area contributed by atoms with Crippen LogP contribution in [0.15, 0.2) is 12.1 Å². The Kier molecular flexibility index (Phi) is 4.43. The highest BCUT2D eigenvalue weighted by molar-refractivity contribution is 5.38. The first kappa shape index (κ1) is 15.4. The van der Waals surface area contributed by atoms with Crippen LogP contribution in [0.1, 0.15) is 35.1 Å². The van der Waals surface area contributed by atoms with E-state index in [0.717, 1.165) is 6.42 Å². The van der Waals surface area contributed by atoms with Crippen molar-refractivity contribution in [2.45, 2.75) is 52.3 Å². The molecule has 1 aliphatic rings. The van der Waals surface area contributed by atoms with Gasteiger partial charge in [0.2, 0.25) is 0 Å². The highest BCUT2D eigenvalue weighted by Gasteiger charge is 2.41. The number of hydrogen-bond acceptors (Lipinski definition) is 1. The maximum atomic E-state index is 12.6. The van der Waals surface area contributed by atoms with E-state index in [4.69, 9.17) is 0 Å². The van der Waals surface area contributed by atoms with Crippen molar-refractivity contribution in [1.29, 1.82) is 0 Å². The first-order valence-electron chi connectivity index (χ1n) is 7.14. The highest BCUT2D eigenvalue weighted by atomic mass is 19.4. The third-order valence-corrected chi connectivity index (χ3v) is 4.27. The quantitative estimate of drug-likeness (QED) is 0.863. The van der Waals surface area contributed by atoms with Gasteiger partial charge < -0.3 is 5.32 Å². The first-order valence-corrected chi connectivity index (χ1v) is 7.14. The maximum absolute atomic E-state index is 12.6. The molecule has 1 saturated heterocycles. The molecule has 1 aliphatic heterocycles. The van der Waals surface area contributed by atoms with Gasteiger partial charge in [0.15, 0.2) is 0 Å². The lowest BCUT2D eigenvalue weighted by Crippen LogP contribution is -2.45. The predicted molar refractivity (Wildman–Crippen MR) is 74.9 cm³/mol. The van der Waals surface area contributed by atoms with Gasteiger partial charge in [-0.05, 0) is 56.7 Å². The third kappa shape index (κ3) is 3.54. The summed E-state index contributed by atoms with van der Waals surface area (Å²) in [5.74, 6) is -1.18. The molecule has 1 fully saturated rings. The first-order chi connectivity index (χ1) is 9.27. The normalized spacial score (nSPS) is 23.9. The molecular weight excluding hydrogens is 263 g/mol.